The van der Waals surface area contributed by atoms with Gasteiger partial charge in [0.25, 0.3) is 5.91 Å². The van der Waals surface area contributed by atoms with E-state index in [2.05, 4.69) is 15.7 Å². The second kappa shape index (κ2) is 5.90. The Labute approximate surface area is 134 Å². The van der Waals surface area contributed by atoms with E-state index in [1.54, 1.807) is 13.1 Å². The highest BCUT2D eigenvalue weighted by molar-refractivity contribution is 5.86. The number of carbonyl (C=O) groups is 1. The summed E-state index contributed by atoms with van der Waals surface area (Å²) in [6.45, 7) is 5.45. The molecule has 1 fully saturated rings. The molecular weight excluding hydrogens is 299 g/mol. The van der Waals surface area contributed by atoms with Gasteiger partial charge in [0.1, 0.15) is 17.4 Å². The average Bonchev–Trinajstić information content (AvgIpc) is 2.87. The Hall–Kier alpha value is -1.99. The van der Waals surface area contributed by atoms with Gasteiger partial charge in [-0.3, -0.25) is 9.48 Å². The number of para-hydroxylation sites is 1. The van der Waals surface area contributed by atoms with Gasteiger partial charge in [0, 0.05) is 25.5 Å². The van der Waals surface area contributed by atoms with Crippen molar-refractivity contribution in [1.82, 2.24) is 20.4 Å². The van der Waals surface area contributed by atoms with E-state index >= 15 is 0 Å². The lowest BCUT2D eigenvalue weighted by Crippen LogP contribution is -2.52. The van der Waals surface area contributed by atoms with Gasteiger partial charge in [0.2, 0.25) is 0 Å². The highest BCUT2D eigenvalue weighted by atomic mass is 19.1. The lowest BCUT2D eigenvalue weighted by molar-refractivity contribution is -0.136. The van der Waals surface area contributed by atoms with E-state index in [0.717, 1.165) is 6.54 Å². The standard InChI is InChI=1S/C16H21FN4O2/c1-16(2,19-15(22)12-9-18-7-8-23-12)14-10-5-4-6-11(17)13(10)21(3)20-14/h4-6,12,18H,7-9H2,1-3H3,(H,19,22)/t12-/m0/s1. The molecule has 1 atom stereocenters. The van der Waals surface area contributed by atoms with Crippen LogP contribution in [0.1, 0.15) is 19.5 Å². The van der Waals surface area contributed by atoms with Gasteiger partial charge in [-0.15, -0.1) is 0 Å². The van der Waals surface area contributed by atoms with Crippen LogP contribution in [0, 0.1) is 5.82 Å². The van der Waals surface area contributed by atoms with Gasteiger partial charge in [-0.2, -0.15) is 5.10 Å². The summed E-state index contributed by atoms with van der Waals surface area (Å²) in [5.41, 5.74) is 0.317. The number of nitrogens with one attached hydrogen (secondary N) is 2. The van der Waals surface area contributed by atoms with Gasteiger partial charge >= 0.3 is 0 Å². The molecule has 2 aromatic rings. The van der Waals surface area contributed by atoms with Crippen LogP contribution < -0.4 is 10.6 Å². The van der Waals surface area contributed by atoms with E-state index in [4.69, 9.17) is 4.74 Å². The number of morpholine rings is 1. The van der Waals surface area contributed by atoms with Crippen LogP contribution >= 0.6 is 0 Å². The molecule has 0 saturated carbocycles. The van der Waals surface area contributed by atoms with Crippen LogP contribution in [0.5, 0.6) is 0 Å². The van der Waals surface area contributed by atoms with Crippen LogP contribution in [0.2, 0.25) is 0 Å². The molecule has 0 aliphatic carbocycles. The SMILES string of the molecule is Cn1nc(C(C)(C)NC(=O)[C@@H]2CNCCO2)c2cccc(F)c21. The van der Waals surface area contributed by atoms with E-state index in [-0.39, 0.29) is 11.7 Å². The fraction of sp³-hybridized carbons (Fsp3) is 0.500. The van der Waals surface area contributed by atoms with Crippen LogP contribution in [0.25, 0.3) is 10.9 Å². The molecule has 6 nitrogen and oxygen atoms in total. The summed E-state index contributed by atoms with van der Waals surface area (Å²) in [7, 11) is 1.70. The molecule has 7 heteroatoms. The Bertz CT molecular complexity index is 735. The molecule has 3 rings (SSSR count). The first-order valence-corrected chi connectivity index (χ1v) is 7.66. The second-order valence-corrected chi connectivity index (χ2v) is 6.29. The lowest BCUT2D eigenvalue weighted by atomic mass is 9.96. The quantitative estimate of drug-likeness (QED) is 0.887. The second-order valence-electron chi connectivity index (χ2n) is 6.29. The minimum atomic E-state index is -0.745. The van der Waals surface area contributed by atoms with Crippen molar-refractivity contribution in [3.63, 3.8) is 0 Å². The topological polar surface area (TPSA) is 68.2 Å². The van der Waals surface area contributed by atoms with Gasteiger partial charge in [-0.1, -0.05) is 12.1 Å². The Morgan fingerprint density at radius 2 is 2.30 bits per heavy atom. The van der Waals surface area contributed by atoms with E-state index in [9.17, 15) is 9.18 Å². The van der Waals surface area contributed by atoms with Crippen molar-refractivity contribution in [2.45, 2.75) is 25.5 Å². The summed E-state index contributed by atoms with van der Waals surface area (Å²) in [5.74, 6) is -0.525. The number of carbonyl (C=O) groups excluding carboxylic acids is 1. The van der Waals surface area contributed by atoms with E-state index < -0.39 is 11.6 Å². The molecular formula is C16H21FN4O2. The van der Waals surface area contributed by atoms with Crippen LogP contribution in [0.4, 0.5) is 4.39 Å². The van der Waals surface area contributed by atoms with E-state index in [1.165, 1.54) is 10.7 Å². The number of aromatic nitrogens is 2. The molecule has 0 spiro atoms. The number of aryl methyl sites for hydroxylation is 1. The predicted octanol–water partition coefficient (Wildman–Crippen LogP) is 1.05. The fourth-order valence-corrected chi connectivity index (χ4v) is 2.93. The zero-order chi connectivity index (χ0) is 16.6. The number of amides is 1. The molecule has 2 N–H and O–H groups in total. The van der Waals surface area contributed by atoms with Gasteiger partial charge in [-0.25, -0.2) is 4.39 Å². The monoisotopic (exact) mass is 320 g/mol. The number of nitrogens with zero attached hydrogens (tertiary/aromatic N) is 2. The Morgan fingerprint density at radius 3 is 3.00 bits per heavy atom. The lowest BCUT2D eigenvalue weighted by Gasteiger charge is -2.29. The summed E-state index contributed by atoms with van der Waals surface area (Å²) < 4.78 is 21.0. The first kappa shape index (κ1) is 15.9. The third-order valence-electron chi connectivity index (χ3n) is 4.06. The predicted molar refractivity (Wildman–Crippen MR) is 84.5 cm³/mol. The molecule has 23 heavy (non-hydrogen) atoms. The number of hydrogen-bond donors (Lipinski definition) is 2. The zero-order valence-corrected chi connectivity index (χ0v) is 13.5. The van der Waals surface area contributed by atoms with Crippen LogP contribution in [0.15, 0.2) is 18.2 Å². The summed E-state index contributed by atoms with van der Waals surface area (Å²) in [6.07, 6.45) is -0.519. The summed E-state index contributed by atoms with van der Waals surface area (Å²) in [6, 6.07) is 4.86. The fourth-order valence-electron chi connectivity index (χ4n) is 2.93. The van der Waals surface area contributed by atoms with Crippen molar-refractivity contribution in [1.29, 1.82) is 0 Å². The van der Waals surface area contributed by atoms with Crippen molar-refractivity contribution < 1.29 is 13.9 Å². The molecule has 0 bridgehead atoms. The minimum absolute atomic E-state index is 0.197. The molecule has 1 aliphatic heterocycles. The van der Waals surface area contributed by atoms with E-state index in [0.29, 0.717) is 29.7 Å². The smallest absolute Gasteiger partial charge is 0.251 e. The largest absolute Gasteiger partial charge is 0.366 e. The molecule has 1 amide bonds. The third kappa shape index (κ3) is 2.94. The Morgan fingerprint density at radius 1 is 1.52 bits per heavy atom. The van der Waals surface area contributed by atoms with Crippen LogP contribution in [0.3, 0.4) is 0 Å². The molecule has 0 unspecified atom stereocenters. The molecule has 2 heterocycles. The molecule has 1 aromatic heterocycles. The first-order valence-electron chi connectivity index (χ1n) is 7.66. The highest BCUT2D eigenvalue weighted by Crippen LogP contribution is 2.29. The van der Waals surface area contributed by atoms with Crippen molar-refractivity contribution in [2.24, 2.45) is 7.05 Å². The van der Waals surface area contributed by atoms with Crippen molar-refractivity contribution in [3.05, 3.63) is 29.7 Å². The molecule has 0 radical (unpaired) electrons. The third-order valence-corrected chi connectivity index (χ3v) is 4.06. The number of fused-ring (bicyclic) bond motifs is 1. The molecule has 1 aromatic carbocycles. The normalized spacial score (nSPS) is 19.0. The number of hydrogen-bond acceptors (Lipinski definition) is 4. The van der Waals surface area contributed by atoms with Gasteiger partial charge < -0.3 is 15.4 Å². The summed E-state index contributed by atoms with van der Waals surface area (Å²) in [4.78, 5) is 12.4. The van der Waals surface area contributed by atoms with Crippen LogP contribution in [-0.2, 0) is 22.1 Å². The number of ether oxygens (including phenoxy) is 1. The minimum Gasteiger partial charge on any atom is -0.366 e. The zero-order valence-electron chi connectivity index (χ0n) is 13.5. The molecule has 1 aliphatic rings. The van der Waals surface area contributed by atoms with E-state index in [1.807, 2.05) is 19.9 Å². The maximum atomic E-state index is 14.0. The maximum Gasteiger partial charge on any atom is 0.251 e. The first-order chi connectivity index (χ1) is 10.9. The molecule has 1 saturated heterocycles. The maximum absolute atomic E-state index is 14.0. The molecule has 124 valence electrons. The highest BCUT2D eigenvalue weighted by Gasteiger charge is 2.32. The van der Waals surface area contributed by atoms with Gasteiger partial charge in [-0.05, 0) is 19.9 Å². The van der Waals surface area contributed by atoms with Gasteiger partial charge in [0.15, 0.2) is 0 Å². The Balaban J connectivity index is 1.90. The average molecular weight is 320 g/mol. The summed E-state index contributed by atoms with van der Waals surface area (Å²) in [5, 5.41) is 11.2. The van der Waals surface area contributed by atoms with Crippen molar-refractivity contribution in [2.75, 3.05) is 19.7 Å². The van der Waals surface area contributed by atoms with Gasteiger partial charge in [0.05, 0.1) is 17.8 Å². The van der Waals surface area contributed by atoms with Crippen molar-refractivity contribution >= 4 is 16.8 Å². The number of benzene rings is 1. The number of rotatable bonds is 3. The van der Waals surface area contributed by atoms with Crippen molar-refractivity contribution in [3.8, 4) is 0 Å². The summed E-state index contributed by atoms with van der Waals surface area (Å²) >= 11 is 0. The van der Waals surface area contributed by atoms with Crippen LogP contribution in [-0.4, -0.2) is 41.5 Å². The Kier molecular flexibility index (Phi) is 4.08. The number of halogens is 1.